The molecule has 0 aliphatic carbocycles. The van der Waals surface area contributed by atoms with Crippen LogP contribution in [-0.4, -0.2) is 56.9 Å². The summed E-state index contributed by atoms with van der Waals surface area (Å²) in [4.78, 5) is 37.9. The van der Waals surface area contributed by atoms with E-state index in [4.69, 9.17) is 9.94 Å². The maximum absolute atomic E-state index is 12.4. The zero-order valence-corrected chi connectivity index (χ0v) is 16.6. The van der Waals surface area contributed by atoms with Crippen molar-refractivity contribution in [3.8, 4) is 0 Å². The fourth-order valence-corrected chi connectivity index (χ4v) is 2.42. The first-order valence-corrected chi connectivity index (χ1v) is 8.64. The molecule has 0 aliphatic rings. The first kappa shape index (κ1) is 23.2. The largest absolute Gasteiger partial charge is 0.733 e. The molecule has 0 bridgehead atoms. The van der Waals surface area contributed by atoms with E-state index in [9.17, 15) is 19.6 Å². The first-order chi connectivity index (χ1) is 13.1. The number of esters is 2. The molecular formula is C18H26N3O7-. The van der Waals surface area contributed by atoms with Crippen molar-refractivity contribution in [3.63, 3.8) is 0 Å². The molecule has 0 unspecified atom stereocenters. The number of benzene rings is 1. The van der Waals surface area contributed by atoms with Crippen molar-refractivity contribution in [2.45, 2.75) is 26.3 Å². The molecule has 1 amide bonds. The number of ether oxygens (including phenoxy) is 2. The molecule has 0 heterocycles. The predicted molar refractivity (Wildman–Crippen MR) is 102 cm³/mol. The summed E-state index contributed by atoms with van der Waals surface area (Å²) < 4.78 is 9.70. The Labute approximate surface area is 163 Å². The third kappa shape index (κ3) is 6.10. The molecule has 1 aromatic rings. The second-order valence-electron chi connectivity index (χ2n) is 6.40. The van der Waals surface area contributed by atoms with Crippen LogP contribution in [0.5, 0.6) is 0 Å². The van der Waals surface area contributed by atoms with Crippen molar-refractivity contribution >= 4 is 29.2 Å². The highest BCUT2D eigenvalue weighted by atomic mass is 16.8. The van der Waals surface area contributed by atoms with Gasteiger partial charge in [0, 0.05) is 14.1 Å². The van der Waals surface area contributed by atoms with Crippen LogP contribution in [0.15, 0.2) is 18.2 Å². The van der Waals surface area contributed by atoms with Crippen molar-refractivity contribution in [2.75, 3.05) is 37.9 Å². The van der Waals surface area contributed by atoms with Gasteiger partial charge in [0.2, 0.25) is 0 Å². The molecule has 10 heteroatoms. The average molecular weight is 396 g/mol. The molecule has 2 N–H and O–H groups in total. The van der Waals surface area contributed by atoms with Crippen LogP contribution < -0.4 is 15.4 Å². The number of nitrogens with zero attached hydrogens (tertiary/aromatic N) is 2. The van der Waals surface area contributed by atoms with Gasteiger partial charge < -0.3 is 30.1 Å². The number of carbonyl (C=O) groups excluding carboxylic acids is 3. The summed E-state index contributed by atoms with van der Waals surface area (Å²) in [7, 11) is 4.58. The molecule has 0 spiro atoms. The van der Waals surface area contributed by atoms with Crippen LogP contribution in [0.1, 0.15) is 30.6 Å². The minimum Gasteiger partial charge on any atom is -0.733 e. The molecule has 0 fully saturated rings. The molecule has 2 atom stereocenters. The van der Waals surface area contributed by atoms with Crippen molar-refractivity contribution in [3.05, 3.63) is 29.0 Å². The predicted octanol–water partition coefficient (Wildman–Crippen LogP) is 1.31. The Morgan fingerprint density at radius 3 is 2.43 bits per heavy atom. The van der Waals surface area contributed by atoms with Crippen molar-refractivity contribution in [2.24, 2.45) is 5.92 Å². The summed E-state index contributed by atoms with van der Waals surface area (Å²) >= 11 is 0. The number of anilines is 2. The van der Waals surface area contributed by atoms with Crippen LogP contribution in [-0.2, 0) is 19.1 Å². The van der Waals surface area contributed by atoms with Gasteiger partial charge in [-0.25, -0.2) is 9.59 Å². The number of hydrogen-bond acceptors (Lipinski definition) is 9. The molecule has 0 aromatic heterocycles. The zero-order chi connectivity index (χ0) is 21.4. The van der Waals surface area contributed by atoms with Gasteiger partial charge in [-0.05, 0) is 24.1 Å². The van der Waals surface area contributed by atoms with E-state index in [-0.39, 0.29) is 22.4 Å². The first-order valence-electron chi connectivity index (χ1n) is 8.64. The molecule has 0 radical (unpaired) electrons. The molecule has 28 heavy (non-hydrogen) atoms. The van der Waals surface area contributed by atoms with Crippen molar-refractivity contribution in [1.82, 2.24) is 5.32 Å². The fraction of sp³-hybridized carbons (Fsp3) is 0.500. The van der Waals surface area contributed by atoms with E-state index in [2.05, 4.69) is 10.1 Å². The fourth-order valence-electron chi connectivity index (χ4n) is 2.42. The normalized spacial score (nSPS) is 12.5. The Kier molecular flexibility index (Phi) is 8.68. The van der Waals surface area contributed by atoms with E-state index in [0.29, 0.717) is 12.1 Å². The molecule has 0 aliphatic heterocycles. The molecule has 0 saturated heterocycles. The average Bonchev–Trinajstić information content (AvgIpc) is 2.68. The molecule has 10 nitrogen and oxygen atoms in total. The van der Waals surface area contributed by atoms with E-state index < -0.39 is 30.5 Å². The number of methoxy groups -OCH3 is 1. The molecule has 0 saturated carbocycles. The minimum absolute atomic E-state index is 0.00311. The minimum atomic E-state index is -0.860. The van der Waals surface area contributed by atoms with Gasteiger partial charge in [0.25, 0.3) is 5.91 Å². The lowest BCUT2D eigenvalue weighted by molar-refractivity contribution is -0.147. The number of hydrogen-bond donors (Lipinski definition) is 2. The summed E-state index contributed by atoms with van der Waals surface area (Å²) in [5.74, 6) is -2.29. The van der Waals surface area contributed by atoms with Crippen molar-refractivity contribution in [1.29, 1.82) is 0 Å². The van der Waals surface area contributed by atoms with Crippen LogP contribution in [0, 0.1) is 11.1 Å². The summed E-state index contributed by atoms with van der Waals surface area (Å²) in [6, 6.07) is 3.09. The van der Waals surface area contributed by atoms with Gasteiger partial charge in [-0.15, -0.1) is 0 Å². The summed E-state index contributed by atoms with van der Waals surface area (Å²) in [6.45, 7) is 3.02. The number of rotatable bonds is 9. The van der Waals surface area contributed by atoms with E-state index in [1.807, 2.05) is 6.92 Å². The Morgan fingerprint density at radius 2 is 1.93 bits per heavy atom. The highest BCUT2D eigenvalue weighted by molar-refractivity contribution is 5.98. The van der Waals surface area contributed by atoms with Crippen LogP contribution >= 0.6 is 0 Å². The Hall–Kier alpha value is -2.85. The lowest BCUT2D eigenvalue weighted by atomic mass is 9.99. The Balaban J connectivity index is 2.87. The van der Waals surface area contributed by atoms with Gasteiger partial charge >= 0.3 is 11.9 Å². The molecule has 1 aromatic carbocycles. The van der Waals surface area contributed by atoms with Crippen LogP contribution in [0.4, 0.5) is 11.4 Å². The second kappa shape index (κ2) is 10.5. The van der Waals surface area contributed by atoms with E-state index in [0.717, 1.165) is 6.07 Å². The SMILES string of the molecule is CC[C@H](C)[C@@H](NC(=O)COC(=O)c1cc(N([O-])O)ccc1N(C)C)C(=O)OC. The van der Waals surface area contributed by atoms with Gasteiger partial charge in [0.15, 0.2) is 6.61 Å². The number of carbonyl (C=O) groups is 3. The van der Waals surface area contributed by atoms with Crippen LogP contribution in [0.25, 0.3) is 0 Å². The molecule has 156 valence electrons. The third-order valence-corrected chi connectivity index (χ3v) is 4.22. The van der Waals surface area contributed by atoms with Gasteiger partial charge in [-0.2, -0.15) is 0 Å². The van der Waals surface area contributed by atoms with E-state index >= 15 is 0 Å². The maximum Gasteiger partial charge on any atom is 0.340 e. The quantitative estimate of drug-likeness (QED) is 0.468. The smallest absolute Gasteiger partial charge is 0.340 e. The Morgan fingerprint density at radius 1 is 1.29 bits per heavy atom. The highest BCUT2D eigenvalue weighted by Crippen LogP contribution is 2.25. The monoisotopic (exact) mass is 396 g/mol. The Bertz CT molecular complexity index is 706. The van der Waals surface area contributed by atoms with Crippen molar-refractivity contribution < 1.29 is 29.1 Å². The van der Waals surface area contributed by atoms with E-state index in [1.165, 1.54) is 19.2 Å². The third-order valence-electron chi connectivity index (χ3n) is 4.22. The van der Waals surface area contributed by atoms with Crippen LogP contribution in [0.3, 0.4) is 0 Å². The van der Waals surface area contributed by atoms with Crippen LogP contribution in [0.2, 0.25) is 0 Å². The summed E-state index contributed by atoms with van der Waals surface area (Å²) in [5, 5.41) is 22.2. The molecular weight excluding hydrogens is 370 g/mol. The summed E-state index contributed by atoms with van der Waals surface area (Å²) in [5.41, 5.74) is 0.268. The van der Waals surface area contributed by atoms with Gasteiger partial charge in [-0.1, -0.05) is 20.3 Å². The molecule has 1 rings (SSSR count). The maximum atomic E-state index is 12.4. The van der Waals surface area contributed by atoms with E-state index in [1.54, 1.807) is 25.9 Å². The number of nitrogens with one attached hydrogen (secondary N) is 1. The lowest BCUT2D eigenvalue weighted by Crippen LogP contribution is -2.47. The lowest BCUT2D eigenvalue weighted by Gasteiger charge is -2.24. The number of amides is 1. The topological polar surface area (TPSA) is 131 Å². The zero-order valence-electron chi connectivity index (χ0n) is 16.6. The standard InChI is InChI=1S/C18H26N3O7/c1-6-11(2)16(18(24)27-5)19-15(22)10-28-17(23)13-9-12(21(25)26)7-8-14(13)20(3)4/h7-9,11,16,25H,6,10H2,1-5H3,(H,19,22)/q-1/t11-,16+/m0/s1. The highest BCUT2D eigenvalue weighted by Gasteiger charge is 2.27. The second-order valence-corrected chi connectivity index (χ2v) is 6.40. The van der Waals surface area contributed by atoms with Gasteiger partial charge in [-0.3, -0.25) is 10.0 Å². The summed E-state index contributed by atoms with van der Waals surface area (Å²) in [6.07, 6.45) is 0.631. The van der Waals surface area contributed by atoms with Gasteiger partial charge in [0.1, 0.15) is 6.04 Å². The van der Waals surface area contributed by atoms with Gasteiger partial charge in [0.05, 0.1) is 24.0 Å².